The molecular formula is C36H45N5O7. The molecule has 12 heteroatoms. The highest BCUT2D eigenvalue weighted by Crippen LogP contribution is 2.35. The van der Waals surface area contributed by atoms with Gasteiger partial charge in [0, 0.05) is 18.7 Å². The zero-order valence-corrected chi connectivity index (χ0v) is 28.4. The van der Waals surface area contributed by atoms with Crippen molar-refractivity contribution in [3.8, 4) is 11.5 Å². The average Bonchev–Trinajstić information content (AvgIpc) is 2.98. The van der Waals surface area contributed by atoms with Crippen LogP contribution in [0.3, 0.4) is 0 Å². The second-order valence-electron chi connectivity index (χ2n) is 13.3. The van der Waals surface area contributed by atoms with Crippen LogP contribution in [0.15, 0.2) is 77.8 Å². The molecule has 48 heavy (non-hydrogen) atoms. The molecule has 1 unspecified atom stereocenters. The van der Waals surface area contributed by atoms with E-state index in [9.17, 15) is 14.4 Å². The van der Waals surface area contributed by atoms with Gasteiger partial charge < -0.3 is 29.6 Å². The molecule has 3 aromatic rings. The van der Waals surface area contributed by atoms with Crippen molar-refractivity contribution >= 4 is 35.4 Å². The van der Waals surface area contributed by atoms with Gasteiger partial charge in [0.2, 0.25) is 5.96 Å². The molecule has 0 radical (unpaired) electrons. The molecule has 0 aliphatic carbocycles. The number of anilines is 2. The summed E-state index contributed by atoms with van der Waals surface area (Å²) in [6.07, 6.45) is -1.33. The summed E-state index contributed by atoms with van der Waals surface area (Å²) in [4.78, 5) is 44.2. The van der Waals surface area contributed by atoms with Crippen LogP contribution in [-0.2, 0) is 27.2 Å². The van der Waals surface area contributed by atoms with Crippen molar-refractivity contribution in [3.05, 3.63) is 83.9 Å². The summed E-state index contributed by atoms with van der Waals surface area (Å²) in [7, 11) is 0. The highest BCUT2D eigenvalue weighted by Gasteiger charge is 2.34. The number of benzene rings is 3. The Morgan fingerprint density at radius 3 is 2.15 bits per heavy atom. The zero-order chi connectivity index (χ0) is 34.9. The summed E-state index contributed by atoms with van der Waals surface area (Å²) in [5.41, 5.74) is 7.75. The third kappa shape index (κ3) is 11.2. The number of nitrogen functional groups attached to an aromatic ring is 1. The van der Waals surface area contributed by atoms with Gasteiger partial charge in [0.15, 0.2) is 6.10 Å². The molecule has 0 bridgehead atoms. The quantitative estimate of drug-likeness (QED) is 0.144. The van der Waals surface area contributed by atoms with Crippen LogP contribution in [0, 0.1) is 0 Å². The van der Waals surface area contributed by atoms with E-state index >= 15 is 0 Å². The van der Waals surface area contributed by atoms with Gasteiger partial charge >= 0.3 is 12.2 Å². The average molecular weight is 660 g/mol. The zero-order valence-electron chi connectivity index (χ0n) is 28.4. The van der Waals surface area contributed by atoms with Crippen molar-refractivity contribution in [1.29, 1.82) is 0 Å². The topological polar surface area (TPSA) is 154 Å². The molecule has 1 heterocycles. The molecule has 4 rings (SSSR count). The third-order valence-corrected chi connectivity index (χ3v) is 6.74. The van der Waals surface area contributed by atoms with Crippen LogP contribution in [0.1, 0.15) is 59.1 Å². The van der Waals surface area contributed by atoms with Gasteiger partial charge in [0.1, 0.15) is 22.7 Å². The lowest BCUT2D eigenvalue weighted by Gasteiger charge is -2.34. The molecular weight excluding hydrogens is 614 g/mol. The van der Waals surface area contributed by atoms with Crippen LogP contribution in [0.25, 0.3) is 0 Å². The number of aliphatic imine (C=N–C) groups is 1. The molecule has 0 spiro atoms. The van der Waals surface area contributed by atoms with Crippen molar-refractivity contribution in [2.45, 2.75) is 78.2 Å². The van der Waals surface area contributed by atoms with Crippen LogP contribution >= 0.6 is 0 Å². The fraction of sp³-hybridized carbons (Fsp3) is 0.389. The second kappa shape index (κ2) is 15.6. The minimum Gasteiger partial charge on any atom is -0.493 e. The lowest BCUT2D eigenvalue weighted by molar-refractivity contribution is -0.127. The summed E-state index contributed by atoms with van der Waals surface area (Å²) in [5.74, 6) is 1.06. The van der Waals surface area contributed by atoms with Crippen LogP contribution in [0.5, 0.6) is 11.5 Å². The number of hydrogen-bond donors (Lipinski definition) is 3. The minimum absolute atomic E-state index is 0.0768. The first-order valence-corrected chi connectivity index (χ1v) is 15.8. The SMILES string of the molecule is CC(C)(C)OC(=O)NC(=NCCc1ccc(OCCC2Oc3ccccc3N(Cc3cccc(N)c3)C2=O)cc1)NC(=O)OC(C)(C)C. The number of para-hydroxylation sites is 2. The number of carbonyl (C=O) groups excluding carboxylic acids is 3. The first-order chi connectivity index (χ1) is 22.6. The maximum absolute atomic E-state index is 13.5. The monoisotopic (exact) mass is 659 g/mol. The van der Waals surface area contributed by atoms with Gasteiger partial charge in [-0.2, -0.15) is 0 Å². The van der Waals surface area contributed by atoms with Gasteiger partial charge in [-0.1, -0.05) is 36.4 Å². The first kappa shape index (κ1) is 35.6. The number of nitrogens with two attached hydrogens (primary N) is 1. The molecule has 1 aliphatic rings. The molecule has 0 fully saturated rings. The fourth-order valence-corrected chi connectivity index (χ4v) is 4.74. The van der Waals surface area contributed by atoms with E-state index in [2.05, 4.69) is 15.6 Å². The number of alkyl carbamates (subject to hydrolysis) is 2. The van der Waals surface area contributed by atoms with E-state index < -0.39 is 29.5 Å². The predicted molar refractivity (Wildman–Crippen MR) is 184 cm³/mol. The number of nitrogens with zero attached hydrogens (tertiary/aromatic N) is 2. The van der Waals surface area contributed by atoms with E-state index in [0.717, 1.165) is 16.8 Å². The number of guanidine groups is 1. The van der Waals surface area contributed by atoms with Crippen molar-refractivity contribution in [2.75, 3.05) is 23.8 Å². The number of ether oxygens (including phenoxy) is 4. The number of rotatable bonds is 9. The summed E-state index contributed by atoms with van der Waals surface area (Å²) in [6, 6.07) is 22.4. The summed E-state index contributed by atoms with van der Waals surface area (Å²) >= 11 is 0. The Morgan fingerprint density at radius 2 is 1.52 bits per heavy atom. The highest BCUT2D eigenvalue weighted by molar-refractivity contribution is 6.01. The summed E-state index contributed by atoms with van der Waals surface area (Å²) < 4.78 is 22.6. The minimum atomic E-state index is -0.752. The maximum atomic E-state index is 13.5. The van der Waals surface area contributed by atoms with Crippen molar-refractivity contribution in [3.63, 3.8) is 0 Å². The number of amides is 3. The van der Waals surface area contributed by atoms with Crippen molar-refractivity contribution < 1.29 is 33.3 Å². The van der Waals surface area contributed by atoms with Crippen LogP contribution in [0.2, 0.25) is 0 Å². The lowest BCUT2D eigenvalue weighted by atomic mass is 10.1. The van der Waals surface area contributed by atoms with Gasteiger partial charge in [-0.25, -0.2) is 9.59 Å². The Morgan fingerprint density at radius 1 is 0.875 bits per heavy atom. The number of hydrogen-bond acceptors (Lipinski definition) is 9. The number of fused-ring (bicyclic) bond motifs is 1. The van der Waals surface area contributed by atoms with E-state index in [1.807, 2.05) is 72.8 Å². The first-order valence-electron chi connectivity index (χ1n) is 15.8. The molecule has 256 valence electrons. The predicted octanol–water partition coefficient (Wildman–Crippen LogP) is 5.98. The van der Waals surface area contributed by atoms with E-state index in [4.69, 9.17) is 24.7 Å². The molecule has 3 aromatic carbocycles. The highest BCUT2D eigenvalue weighted by atomic mass is 16.6. The van der Waals surface area contributed by atoms with Gasteiger partial charge in [0.05, 0.1) is 18.8 Å². The largest absolute Gasteiger partial charge is 0.493 e. The van der Waals surface area contributed by atoms with Crippen molar-refractivity contribution in [2.24, 2.45) is 4.99 Å². The Balaban J connectivity index is 1.31. The Labute approximate surface area is 281 Å². The molecule has 0 saturated carbocycles. The smallest absolute Gasteiger partial charge is 0.414 e. The van der Waals surface area contributed by atoms with Crippen LogP contribution in [0.4, 0.5) is 21.0 Å². The lowest BCUT2D eigenvalue weighted by Crippen LogP contribution is -2.47. The molecule has 0 saturated heterocycles. The van der Waals surface area contributed by atoms with Gasteiger partial charge in [-0.15, -0.1) is 0 Å². The van der Waals surface area contributed by atoms with Gasteiger partial charge in [-0.3, -0.25) is 20.4 Å². The number of carbonyl (C=O) groups is 3. The van der Waals surface area contributed by atoms with E-state index in [0.29, 0.717) is 36.6 Å². The Hall–Kier alpha value is -5.26. The van der Waals surface area contributed by atoms with Gasteiger partial charge in [-0.05, 0) is 95.5 Å². The molecule has 1 atom stereocenters. The van der Waals surface area contributed by atoms with E-state index in [-0.39, 0.29) is 25.0 Å². The molecule has 1 aliphatic heterocycles. The molecule has 12 nitrogen and oxygen atoms in total. The van der Waals surface area contributed by atoms with Crippen LogP contribution in [-0.4, -0.2) is 54.5 Å². The molecule has 4 N–H and O–H groups in total. The molecule has 3 amide bonds. The van der Waals surface area contributed by atoms with Gasteiger partial charge in [0.25, 0.3) is 5.91 Å². The van der Waals surface area contributed by atoms with Crippen molar-refractivity contribution in [1.82, 2.24) is 10.6 Å². The van der Waals surface area contributed by atoms with E-state index in [1.165, 1.54) is 0 Å². The maximum Gasteiger partial charge on any atom is 0.414 e. The normalized spacial score (nSPS) is 14.2. The summed E-state index contributed by atoms with van der Waals surface area (Å²) in [6.45, 7) is 11.3. The standard InChI is InChI=1S/C36H45N5O7/c1-35(2,3)47-33(43)39-32(40-34(44)48-36(4,5)6)38-20-18-24-14-16-27(17-15-24)45-21-19-30-31(42)41(23-25-10-9-11-26(37)22-25)28-12-7-8-13-29(28)46-30/h7-17,22,30H,18-21,23,37H2,1-6H3,(H2,38,39,40,43,44). The second-order valence-corrected chi connectivity index (χ2v) is 13.3. The Kier molecular flexibility index (Phi) is 11.5. The van der Waals surface area contributed by atoms with E-state index in [1.54, 1.807) is 46.4 Å². The fourth-order valence-electron chi connectivity index (χ4n) is 4.74. The third-order valence-electron chi connectivity index (χ3n) is 6.74. The Bertz CT molecular complexity index is 1580. The van der Waals surface area contributed by atoms with Crippen LogP contribution < -0.4 is 30.7 Å². The number of nitrogens with one attached hydrogen (secondary N) is 2. The summed E-state index contributed by atoms with van der Waals surface area (Å²) in [5, 5.41) is 4.95. The molecule has 0 aromatic heterocycles.